The number of carbonyl (C=O) groups excluding carboxylic acids is 2. The molecule has 0 N–H and O–H groups in total. The highest BCUT2D eigenvalue weighted by atomic mass is 16.8. The van der Waals surface area contributed by atoms with E-state index in [9.17, 15) is 9.59 Å². The molecule has 216 valence electrons. The van der Waals surface area contributed by atoms with Crippen LogP contribution in [0.3, 0.4) is 0 Å². The number of unbranched alkanes of at least 4 members (excludes halogenated alkanes) is 10. The third-order valence-corrected chi connectivity index (χ3v) is 6.72. The van der Waals surface area contributed by atoms with Crippen LogP contribution in [0.1, 0.15) is 117 Å². The van der Waals surface area contributed by atoms with Gasteiger partial charge in [0.1, 0.15) is 5.75 Å². The minimum absolute atomic E-state index is 0.351. The zero-order valence-corrected chi connectivity index (χ0v) is 24.5. The van der Waals surface area contributed by atoms with E-state index in [1.807, 2.05) is 24.3 Å². The Hall–Kier alpha value is -2.12. The molecule has 2 rings (SSSR count). The highest BCUT2D eigenvalue weighted by molar-refractivity contribution is 5.86. The summed E-state index contributed by atoms with van der Waals surface area (Å²) < 4.78 is 28.8. The largest absolute Gasteiger partial charge is 0.497 e. The predicted molar refractivity (Wildman–Crippen MR) is 148 cm³/mol. The van der Waals surface area contributed by atoms with Gasteiger partial charge in [-0.2, -0.15) is 0 Å². The van der Waals surface area contributed by atoms with Gasteiger partial charge in [0.15, 0.2) is 18.0 Å². The summed E-state index contributed by atoms with van der Waals surface area (Å²) in [5, 5.41) is 0. The Morgan fingerprint density at radius 1 is 0.737 bits per heavy atom. The minimum Gasteiger partial charge on any atom is -0.497 e. The molecule has 38 heavy (non-hydrogen) atoms. The molecular formula is C31H50O7. The SMILES string of the molecule is CCCCCCCCCCCCCC1(c2ccc(OC)cc2)OC(C(=O)OC(C)C)C(C(=O)OC(C)C)O1. The van der Waals surface area contributed by atoms with Gasteiger partial charge in [0.2, 0.25) is 0 Å². The summed E-state index contributed by atoms with van der Waals surface area (Å²) in [5.74, 6) is -1.81. The van der Waals surface area contributed by atoms with Gasteiger partial charge in [-0.25, -0.2) is 9.59 Å². The number of benzene rings is 1. The summed E-state index contributed by atoms with van der Waals surface area (Å²) in [7, 11) is 1.61. The van der Waals surface area contributed by atoms with Crippen molar-refractivity contribution >= 4 is 11.9 Å². The van der Waals surface area contributed by atoms with E-state index in [4.69, 9.17) is 23.7 Å². The first kappa shape index (κ1) is 32.1. The average Bonchev–Trinajstić information content (AvgIpc) is 3.28. The summed E-state index contributed by atoms with van der Waals surface area (Å²) in [6, 6.07) is 7.37. The molecule has 0 aliphatic carbocycles. The van der Waals surface area contributed by atoms with E-state index < -0.39 is 29.9 Å². The van der Waals surface area contributed by atoms with E-state index in [2.05, 4.69) is 6.92 Å². The Morgan fingerprint density at radius 3 is 1.55 bits per heavy atom. The number of methoxy groups -OCH3 is 1. The smallest absolute Gasteiger partial charge is 0.339 e. The lowest BCUT2D eigenvalue weighted by atomic mass is 9.98. The van der Waals surface area contributed by atoms with Gasteiger partial charge in [0.05, 0.1) is 19.3 Å². The van der Waals surface area contributed by atoms with Crippen molar-refractivity contribution in [3.05, 3.63) is 29.8 Å². The van der Waals surface area contributed by atoms with Crippen LogP contribution < -0.4 is 4.74 Å². The van der Waals surface area contributed by atoms with Crippen LogP contribution in [0.25, 0.3) is 0 Å². The Labute approximate surface area is 229 Å². The molecule has 0 aromatic heterocycles. The summed E-state index contributed by atoms with van der Waals surface area (Å²) >= 11 is 0. The van der Waals surface area contributed by atoms with Gasteiger partial charge in [0.25, 0.3) is 0 Å². The summed E-state index contributed by atoms with van der Waals surface area (Å²) in [6.07, 6.45) is 10.8. The van der Waals surface area contributed by atoms with Crippen molar-refractivity contribution in [1.82, 2.24) is 0 Å². The van der Waals surface area contributed by atoms with Crippen molar-refractivity contribution in [2.45, 2.75) is 142 Å². The zero-order valence-electron chi connectivity index (χ0n) is 24.5. The zero-order chi connectivity index (χ0) is 28.0. The number of esters is 2. The highest BCUT2D eigenvalue weighted by Gasteiger charge is 2.55. The second kappa shape index (κ2) is 16.8. The van der Waals surface area contributed by atoms with Crippen LogP contribution in [0.2, 0.25) is 0 Å². The highest BCUT2D eigenvalue weighted by Crippen LogP contribution is 2.43. The molecule has 1 aliphatic heterocycles. The fraction of sp³-hybridized carbons (Fsp3) is 0.742. The molecule has 1 saturated heterocycles. The van der Waals surface area contributed by atoms with Gasteiger partial charge in [-0.15, -0.1) is 0 Å². The molecule has 0 radical (unpaired) electrons. The van der Waals surface area contributed by atoms with Crippen LogP contribution in [-0.2, 0) is 34.3 Å². The Bertz CT molecular complexity index is 788. The topological polar surface area (TPSA) is 80.3 Å². The van der Waals surface area contributed by atoms with E-state index in [-0.39, 0.29) is 12.2 Å². The van der Waals surface area contributed by atoms with E-state index >= 15 is 0 Å². The van der Waals surface area contributed by atoms with Crippen LogP contribution in [0.15, 0.2) is 24.3 Å². The molecule has 1 aromatic carbocycles. The van der Waals surface area contributed by atoms with E-state index in [0.717, 1.165) is 24.8 Å². The van der Waals surface area contributed by atoms with Crippen molar-refractivity contribution in [1.29, 1.82) is 0 Å². The molecule has 2 unspecified atom stereocenters. The molecule has 1 heterocycles. The van der Waals surface area contributed by atoms with Crippen molar-refractivity contribution in [3.63, 3.8) is 0 Å². The van der Waals surface area contributed by atoms with E-state index in [1.54, 1.807) is 34.8 Å². The van der Waals surface area contributed by atoms with Gasteiger partial charge in [0, 0.05) is 12.0 Å². The maximum atomic E-state index is 13.0. The molecular weight excluding hydrogens is 484 g/mol. The first-order valence-corrected chi connectivity index (χ1v) is 14.6. The van der Waals surface area contributed by atoms with Crippen LogP contribution in [0.5, 0.6) is 5.75 Å². The molecule has 7 heteroatoms. The Kier molecular flexibility index (Phi) is 14.2. The lowest BCUT2D eigenvalue weighted by molar-refractivity contribution is -0.202. The number of carbonyl (C=O) groups is 2. The Morgan fingerprint density at radius 2 is 1.16 bits per heavy atom. The van der Waals surface area contributed by atoms with Crippen molar-refractivity contribution in [3.8, 4) is 5.75 Å². The summed E-state index contributed by atoms with van der Waals surface area (Å²) in [4.78, 5) is 26.0. The summed E-state index contributed by atoms with van der Waals surface area (Å²) in [5.41, 5.74) is 0.729. The van der Waals surface area contributed by atoms with Crippen LogP contribution in [-0.4, -0.2) is 43.5 Å². The lowest BCUT2D eigenvalue weighted by Crippen LogP contribution is -2.40. The normalized spacial score (nSPS) is 21.2. The van der Waals surface area contributed by atoms with Crippen LogP contribution >= 0.6 is 0 Å². The number of ether oxygens (including phenoxy) is 5. The van der Waals surface area contributed by atoms with Gasteiger partial charge in [-0.05, 0) is 58.4 Å². The fourth-order valence-corrected chi connectivity index (χ4v) is 4.77. The predicted octanol–water partition coefficient (Wildman–Crippen LogP) is 7.24. The van der Waals surface area contributed by atoms with E-state index in [1.165, 1.54) is 51.4 Å². The monoisotopic (exact) mass is 534 g/mol. The van der Waals surface area contributed by atoms with Gasteiger partial charge in [-0.1, -0.05) is 71.1 Å². The first-order valence-electron chi connectivity index (χ1n) is 14.6. The van der Waals surface area contributed by atoms with Gasteiger partial charge >= 0.3 is 11.9 Å². The average molecular weight is 535 g/mol. The third kappa shape index (κ3) is 10.2. The maximum Gasteiger partial charge on any atom is 0.339 e. The van der Waals surface area contributed by atoms with Crippen molar-refractivity contribution in [2.75, 3.05) is 7.11 Å². The van der Waals surface area contributed by atoms with Crippen LogP contribution in [0.4, 0.5) is 0 Å². The molecule has 2 atom stereocenters. The standard InChI is InChI=1S/C31H50O7/c1-7-8-9-10-11-12-13-14-15-16-17-22-31(25-18-20-26(34-6)21-19-25)37-27(29(32)35-23(2)3)28(38-31)30(33)36-24(4)5/h18-21,23-24,27-28H,7-17,22H2,1-6H3. The quantitative estimate of drug-likeness (QED) is 0.145. The fourth-order valence-electron chi connectivity index (χ4n) is 4.77. The maximum absolute atomic E-state index is 13.0. The van der Waals surface area contributed by atoms with Gasteiger partial charge in [-0.3, -0.25) is 0 Å². The van der Waals surface area contributed by atoms with Gasteiger partial charge < -0.3 is 23.7 Å². The van der Waals surface area contributed by atoms with E-state index in [0.29, 0.717) is 12.2 Å². The molecule has 0 spiro atoms. The minimum atomic E-state index is -1.26. The molecule has 0 amide bonds. The molecule has 1 aliphatic rings. The molecule has 1 fully saturated rings. The first-order chi connectivity index (χ1) is 18.2. The second-order valence-corrected chi connectivity index (χ2v) is 10.8. The molecule has 0 saturated carbocycles. The molecule has 1 aromatic rings. The Balaban J connectivity index is 2.09. The second-order valence-electron chi connectivity index (χ2n) is 10.8. The molecule has 0 bridgehead atoms. The van der Waals surface area contributed by atoms with Crippen LogP contribution in [0, 0.1) is 0 Å². The van der Waals surface area contributed by atoms with Crippen molar-refractivity contribution < 1.29 is 33.3 Å². The number of hydrogen-bond donors (Lipinski definition) is 0. The van der Waals surface area contributed by atoms with Crippen molar-refractivity contribution in [2.24, 2.45) is 0 Å². The number of rotatable bonds is 18. The summed E-state index contributed by atoms with van der Waals surface area (Å²) in [6.45, 7) is 9.29. The third-order valence-electron chi connectivity index (χ3n) is 6.72. The molecule has 7 nitrogen and oxygen atoms in total. The lowest BCUT2D eigenvalue weighted by Gasteiger charge is -2.29. The number of hydrogen-bond acceptors (Lipinski definition) is 7.